The predicted molar refractivity (Wildman–Crippen MR) is 68.6 cm³/mol. The summed E-state index contributed by atoms with van der Waals surface area (Å²) in [5.41, 5.74) is 6.83. The van der Waals surface area contributed by atoms with E-state index >= 15 is 0 Å². The molecule has 17 heavy (non-hydrogen) atoms. The summed E-state index contributed by atoms with van der Waals surface area (Å²) in [5, 5.41) is 0. The number of amides is 1. The normalized spacial score (nSPS) is 9.76. The third-order valence-electron chi connectivity index (χ3n) is 2.21. The van der Waals surface area contributed by atoms with Crippen LogP contribution in [0.4, 0.5) is 11.4 Å². The molecule has 0 fully saturated rings. The molecule has 0 radical (unpaired) electrons. The average Bonchev–Trinajstić information content (AvgIpc) is 2.31. The number of methoxy groups -OCH3 is 1. The van der Waals surface area contributed by atoms with Crippen molar-refractivity contribution in [3.8, 4) is 0 Å². The number of carbonyl (C=O) groups is 2. The standard InChI is InChI=1S/C11H13BrN2O3/c1-17-11(16)4-5-14(7-15)10-3-2-8(12)6-9(10)13/h2-3,6-7H,4-5,13H2,1H3. The predicted octanol–water partition coefficient (Wildman–Crippen LogP) is 1.56. The van der Waals surface area contributed by atoms with Crippen LogP contribution in [-0.2, 0) is 14.3 Å². The summed E-state index contributed by atoms with van der Waals surface area (Å²) in [6, 6.07) is 5.19. The van der Waals surface area contributed by atoms with Crippen molar-refractivity contribution >= 4 is 39.7 Å². The Morgan fingerprint density at radius 3 is 2.82 bits per heavy atom. The second-order valence-corrected chi connectivity index (χ2v) is 4.24. The monoisotopic (exact) mass is 300 g/mol. The van der Waals surface area contributed by atoms with Gasteiger partial charge in [-0.15, -0.1) is 0 Å². The Labute approximate surface area is 108 Å². The van der Waals surface area contributed by atoms with E-state index in [0.29, 0.717) is 17.8 Å². The number of anilines is 2. The summed E-state index contributed by atoms with van der Waals surface area (Å²) in [5.74, 6) is -0.368. The molecule has 6 heteroatoms. The highest BCUT2D eigenvalue weighted by Gasteiger charge is 2.11. The Balaban J connectivity index is 2.79. The van der Waals surface area contributed by atoms with Gasteiger partial charge in [-0.1, -0.05) is 15.9 Å². The maximum Gasteiger partial charge on any atom is 0.307 e. The molecule has 0 saturated carbocycles. The van der Waals surface area contributed by atoms with Crippen LogP contribution in [0.15, 0.2) is 22.7 Å². The Hall–Kier alpha value is -1.56. The SMILES string of the molecule is COC(=O)CCN(C=O)c1ccc(Br)cc1N. The van der Waals surface area contributed by atoms with E-state index in [1.54, 1.807) is 18.2 Å². The van der Waals surface area contributed by atoms with Gasteiger partial charge in [0, 0.05) is 11.0 Å². The zero-order valence-corrected chi connectivity index (χ0v) is 10.9. The number of nitrogen functional groups attached to an aromatic ring is 1. The molecule has 0 aromatic heterocycles. The van der Waals surface area contributed by atoms with Crippen molar-refractivity contribution < 1.29 is 14.3 Å². The number of hydrogen-bond acceptors (Lipinski definition) is 4. The van der Waals surface area contributed by atoms with Crippen molar-refractivity contribution in [2.75, 3.05) is 24.3 Å². The molecule has 0 bridgehead atoms. The second-order valence-electron chi connectivity index (χ2n) is 3.33. The average molecular weight is 301 g/mol. The van der Waals surface area contributed by atoms with Gasteiger partial charge in [0.15, 0.2) is 0 Å². The largest absolute Gasteiger partial charge is 0.469 e. The zero-order chi connectivity index (χ0) is 12.8. The summed E-state index contributed by atoms with van der Waals surface area (Å²) in [6.45, 7) is 0.238. The first-order valence-corrected chi connectivity index (χ1v) is 5.71. The van der Waals surface area contributed by atoms with Crippen LogP contribution in [0.25, 0.3) is 0 Å². The molecule has 1 aromatic rings. The number of rotatable bonds is 5. The summed E-state index contributed by atoms with van der Waals surface area (Å²) < 4.78 is 5.34. The van der Waals surface area contributed by atoms with Crippen molar-refractivity contribution in [2.45, 2.75) is 6.42 Å². The zero-order valence-electron chi connectivity index (χ0n) is 9.35. The molecule has 0 saturated heterocycles. The maximum atomic E-state index is 11.0. The number of nitrogens with two attached hydrogens (primary N) is 1. The van der Waals surface area contributed by atoms with Crippen LogP contribution in [0.5, 0.6) is 0 Å². The van der Waals surface area contributed by atoms with E-state index in [2.05, 4.69) is 20.7 Å². The summed E-state index contributed by atoms with van der Waals surface area (Å²) in [7, 11) is 1.31. The first-order chi connectivity index (χ1) is 8.08. The number of esters is 1. The second kappa shape index (κ2) is 6.24. The minimum absolute atomic E-state index is 0.130. The lowest BCUT2D eigenvalue weighted by Gasteiger charge is -2.18. The third-order valence-corrected chi connectivity index (χ3v) is 2.70. The number of carbonyl (C=O) groups excluding carboxylic acids is 2. The van der Waals surface area contributed by atoms with Gasteiger partial charge in [0.2, 0.25) is 6.41 Å². The van der Waals surface area contributed by atoms with Crippen molar-refractivity contribution in [1.29, 1.82) is 0 Å². The van der Waals surface area contributed by atoms with E-state index < -0.39 is 0 Å². The Morgan fingerprint density at radius 1 is 1.59 bits per heavy atom. The molecule has 1 aromatic carbocycles. The highest BCUT2D eigenvalue weighted by Crippen LogP contribution is 2.26. The first-order valence-electron chi connectivity index (χ1n) is 4.92. The minimum atomic E-state index is -0.368. The van der Waals surface area contributed by atoms with Gasteiger partial charge in [-0.05, 0) is 18.2 Å². The molecule has 0 spiro atoms. The number of halogens is 1. The molecule has 0 unspecified atom stereocenters. The summed E-state index contributed by atoms with van der Waals surface area (Å²) in [4.78, 5) is 23.3. The first kappa shape index (κ1) is 13.5. The van der Waals surface area contributed by atoms with Gasteiger partial charge in [-0.25, -0.2) is 0 Å². The summed E-state index contributed by atoms with van der Waals surface area (Å²) in [6.07, 6.45) is 0.771. The quantitative estimate of drug-likeness (QED) is 0.509. The van der Waals surface area contributed by atoms with Crippen LogP contribution in [0.1, 0.15) is 6.42 Å². The van der Waals surface area contributed by atoms with Crippen LogP contribution in [-0.4, -0.2) is 26.0 Å². The van der Waals surface area contributed by atoms with Crippen molar-refractivity contribution in [3.05, 3.63) is 22.7 Å². The fraction of sp³-hybridized carbons (Fsp3) is 0.273. The molecule has 0 heterocycles. The topological polar surface area (TPSA) is 72.6 Å². The van der Waals surface area contributed by atoms with Crippen LogP contribution in [0.2, 0.25) is 0 Å². The van der Waals surface area contributed by atoms with Gasteiger partial charge < -0.3 is 15.4 Å². The van der Waals surface area contributed by atoms with Crippen LogP contribution in [0, 0.1) is 0 Å². The lowest BCUT2D eigenvalue weighted by Crippen LogP contribution is -2.25. The van der Waals surface area contributed by atoms with Gasteiger partial charge in [0.25, 0.3) is 0 Å². The Kier molecular flexibility index (Phi) is 4.96. The van der Waals surface area contributed by atoms with Gasteiger partial charge in [0.1, 0.15) is 0 Å². The Bertz CT molecular complexity index is 423. The molecule has 0 atom stereocenters. The smallest absolute Gasteiger partial charge is 0.307 e. The van der Waals surface area contributed by atoms with Gasteiger partial charge in [-0.2, -0.15) is 0 Å². The lowest BCUT2D eigenvalue weighted by atomic mass is 10.2. The lowest BCUT2D eigenvalue weighted by molar-refractivity contribution is -0.140. The van der Waals surface area contributed by atoms with Crippen molar-refractivity contribution in [2.24, 2.45) is 0 Å². The van der Waals surface area contributed by atoms with Gasteiger partial charge >= 0.3 is 5.97 Å². The van der Waals surface area contributed by atoms with E-state index in [9.17, 15) is 9.59 Å². The van der Waals surface area contributed by atoms with Gasteiger partial charge in [-0.3, -0.25) is 9.59 Å². The molecule has 1 amide bonds. The molecule has 0 aliphatic rings. The molecule has 92 valence electrons. The van der Waals surface area contributed by atoms with Crippen molar-refractivity contribution in [3.63, 3.8) is 0 Å². The summed E-state index contributed by atoms with van der Waals surface area (Å²) >= 11 is 3.28. The van der Waals surface area contributed by atoms with E-state index in [4.69, 9.17) is 5.73 Å². The maximum absolute atomic E-state index is 11.0. The van der Waals surface area contributed by atoms with Crippen LogP contribution < -0.4 is 10.6 Å². The molecule has 5 nitrogen and oxygen atoms in total. The highest BCUT2D eigenvalue weighted by molar-refractivity contribution is 9.10. The van der Waals surface area contributed by atoms with E-state index in [0.717, 1.165) is 4.47 Å². The van der Waals surface area contributed by atoms with Gasteiger partial charge in [0.05, 0.1) is 24.9 Å². The fourth-order valence-electron chi connectivity index (χ4n) is 1.33. The Morgan fingerprint density at radius 2 is 2.29 bits per heavy atom. The molecular weight excluding hydrogens is 288 g/mol. The minimum Gasteiger partial charge on any atom is -0.469 e. The molecule has 1 rings (SSSR count). The molecule has 0 aliphatic heterocycles. The number of nitrogens with zero attached hydrogens (tertiary/aromatic N) is 1. The number of benzene rings is 1. The number of ether oxygens (including phenoxy) is 1. The van der Waals surface area contributed by atoms with Crippen LogP contribution >= 0.6 is 15.9 Å². The molecule has 0 aliphatic carbocycles. The molecule has 2 N–H and O–H groups in total. The third kappa shape index (κ3) is 3.74. The number of hydrogen-bond donors (Lipinski definition) is 1. The van der Waals surface area contributed by atoms with E-state index in [1.807, 2.05) is 0 Å². The highest BCUT2D eigenvalue weighted by atomic mass is 79.9. The molecular formula is C11H13BrN2O3. The van der Waals surface area contributed by atoms with E-state index in [1.165, 1.54) is 12.0 Å². The fourth-order valence-corrected chi connectivity index (χ4v) is 1.71. The van der Waals surface area contributed by atoms with Crippen LogP contribution in [0.3, 0.4) is 0 Å². The van der Waals surface area contributed by atoms with E-state index in [-0.39, 0.29) is 18.9 Å². The van der Waals surface area contributed by atoms with Crippen molar-refractivity contribution in [1.82, 2.24) is 0 Å².